The van der Waals surface area contributed by atoms with Crippen molar-refractivity contribution in [2.45, 2.75) is 131 Å². The van der Waals surface area contributed by atoms with Gasteiger partial charge in [-0.1, -0.05) is 55.4 Å². The summed E-state index contributed by atoms with van der Waals surface area (Å²) in [5.41, 5.74) is -0.262. The van der Waals surface area contributed by atoms with Crippen LogP contribution in [0.3, 0.4) is 0 Å². The Labute approximate surface area is 289 Å². The molecule has 2 heterocycles. The molecule has 7 rings (SSSR count). The second kappa shape index (κ2) is 11.5. The molecule has 3 radical (unpaired) electrons. The van der Waals surface area contributed by atoms with Crippen molar-refractivity contribution in [2.24, 2.45) is 50.7 Å². The van der Waals surface area contributed by atoms with Crippen molar-refractivity contribution in [2.75, 3.05) is 33.7 Å². The maximum absolute atomic E-state index is 13.0. The van der Waals surface area contributed by atoms with Gasteiger partial charge in [-0.05, 0) is 97.8 Å². The Balaban J connectivity index is 1.10. The van der Waals surface area contributed by atoms with Gasteiger partial charge in [-0.3, -0.25) is 4.90 Å². The number of carbonyl (C=O) groups is 2. The lowest BCUT2D eigenvalue weighted by atomic mass is 9.41. The van der Waals surface area contributed by atoms with Crippen LogP contribution < -0.4 is 5.32 Å². The number of amides is 2. The van der Waals surface area contributed by atoms with Gasteiger partial charge in [-0.2, -0.15) is 0 Å². The summed E-state index contributed by atoms with van der Waals surface area (Å²) in [6.45, 7) is 20.9. The molecule has 0 aromatic carbocycles. The molecular formula is C39H62N3O6. The average Bonchev–Trinajstić information content (AvgIpc) is 3.63. The number of aliphatic hydroxyl groups is 1. The number of fused-ring (bicyclic) bond motifs is 4. The van der Waals surface area contributed by atoms with E-state index in [4.69, 9.17) is 14.2 Å². The summed E-state index contributed by atoms with van der Waals surface area (Å²) >= 11 is 0. The summed E-state index contributed by atoms with van der Waals surface area (Å²) in [4.78, 5) is 29.4. The highest BCUT2D eigenvalue weighted by molar-refractivity contribution is 5.68. The molecule has 269 valence electrons. The van der Waals surface area contributed by atoms with Gasteiger partial charge in [0.05, 0.1) is 12.1 Å². The van der Waals surface area contributed by atoms with Crippen LogP contribution in [0.5, 0.6) is 0 Å². The molecule has 0 bridgehead atoms. The number of hydrogen-bond donors (Lipinski definition) is 2. The highest BCUT2D eigenvalue weighted by Gasteiger charge is 2.85. The normalized spacial score (nSPS) is 44.7. The molecule has 5 aliphatic carbocycles. The van der Waals surface area contributed by atoms with Crippen molar-refractivity contribution < 1.29 is 28.9 Å². The van der Waals surface area contributed by atoms with Crippen molar-refractivity contribution >= 4 is 12.2 Å². The maximum Gasteiger partial charge on any atom is 0.409 e. The molecular weight excluding hydrogens is 606 g/mol. The minimum Gasteiger partial charge on any atom is -0.446 e. The molecule has 9 heteroatoms. The Morgan fingerprint density at radius 3 is 2.46 bits per heavy atom. The Morgan fingerprint density at radius 2 is 1.81 bits per heavy atom. The molecule has 2 amide bonds. The smallest absolute Gasteiger partial charge is 0.409 e. The predicted molar refractivity (Wildman–Crippen MR) is 183 cm³/mol. The third-order valence-electron chi connectivity index (χ3n) is 15.5. The van der Waals surface area contributed by atoms with Gasteiger partial charge >= 0.3 is 12.2 Å². The first-order valence-corrected chi connectivity index (χ1v) is 19.0. The van der Waals surface area contributed by atoms with Crippen molar-refractivity contribution in [1.29, 1.82) is 0 Å². The number of likely N-dealkylation sites (N-methyl/N-ethyl adjacent to an activating group) is 1. The second-order valence-corrected chi connectivity index (χ2v) is 18.5. The van der Waals surface area contributed by atoms with E-state index < -0.39 is 12.2 Å². The zero-order valence-electron chi connectivity index (χ0n) is 31.3. The van der Waals surface area contributed by atoms with Gasteiger partial charge in [-0.25, -0.2) is 9.59 Å². The summed E-state index contributed by atoms with van der Waals surface area (Å²) in [6.07, 6.45) is 7.91. The summed E-state index contributed by atoms with van der Waals surface area (Å²) in [6, 6.07) is 0.190. The number of nitrogens with zero attached hydrogens (tertiary/aromatic N) is 2. The number of aliphatic hydroxyl groups excluding tert-OH is 1. The molecule has 48 heavy (non-hydrogen) atoms. The third-order valence-corrected chi connectivity index (χ3v) is 15.5. The molecule has 2 N–H and O–H groups in total. The summed E-state index contributed by atoms with van der Waals surface area (Å²) < 4.78 is 19.0. The minimum absolute atomic E-state index is 0.0534. The van der Waals surface area contributed by atoms with Crippen molar-refractivity contribution in [1.82, 2.24) is 15.1 Å². The SMILES string of the molecule is CCN1CC(NC(=O)OC2CC[C@]34C[C@]35CC[C@]3(C)[C@@H]6[C](O[C]([C@H](OC(=O)N(C)C)C(C)C)C[C@H]6C)[C@H](O)[C@@]3(C)[C]5CC[C@H]4C2(C)C)C1. The standard InChI is InChI=1S/C39H62N3O6/c1-11-42-19-24(20-42)40-33(44)47-28-14-15-38-21-39(38)17-16-36(7)29-23(4)18-25(30(22(2)3)48-34(45)41(9)10)46-31(29)32(43)37(36,8)27(39)13-12-26(38)35(28,5)6/h22-24,26,28-30,32,43H,11-21H2,1-10H3,(H,40,44)/t23-,26+,28?,29+,30-,32+,36-,37-,38-,39+/m1/s1. The fourth-order valence-electron chi connectivity index (χ4n) is 12.9. The zero-order valence-corrected chi connectivity index (χ0v) is 31.3. The molecule has 2 spiro atoms. The lowest BCUT2D eigenvalue weighted by Crippen LogP contribution is -2.61. The quantitative estimate of drug-likeness (QED) is 0.329. The first-order chi connectivity index (χ1) is 22.5. The topological polar surface area (TPSA) is 101 Å². The molecule has 1 unspecified atom stereocenters. The van der Waals surface area contributed by atoms with E-state index in [1.165, 1.54) is 11.3 Å². The highest BCUT2D eigenvalue weighted by atomic mass is 16.6. The molecule has 0 aromatic rings. The zero-order chi connectivity index (χ0) is 34.8. The van der Waals surface area contributed by atoms with E-state index >= 15 is 0 Å². The van der Waals surface area contributed by atoms with Crippen LogP contribution in [0, 0.1) is 68.9 Å². The number of nitrogens with one attached hydrogen (secondary N) is 1. The lowest BCUT2D eigenvalue weighted by molar-refractivity contribution is -0.126. The van der Waals surface area contributed by atoms with Crippen molar-refractivity contribution in [3.8, 4) is 0 Å². The Bertz CT molecular complexity index is 1280. The summed E-state index contributed by atoms with van der Waals surface area (Å²) in [7, 11) is 3.40. The van der Waals surface area contributed by atoms with Gasteiger partial charge in [0.15, 0.2) is 0 Å². The van der Waals surface area contributed by atoms with Crippen LogP contribution in [-0.4, -0.2) is 85.2 Å². The minimum atomic E-state index is -0.699. The van der Waals surface area contributed by atoms with Crippen LogP contribution in [0.25, 0.3) is 0 Å². The lowest BCUT2D eigenvalue weighted by Gasteiger charge is -2.63. The van der Waals surface area contributed by atoms with Crippen LogP contribution in [0.2, 0.25) is 0 Å². The molecule has 5 saturated carbocycles. The Morgan fingerprint density at radius 1 is 1.10 bits per heavy atom. The van der Waals surface area contributed by atoms with Gasteiger partial charge in [-0.15, -0.1) is 0 Å². The van der Waals surface area contributed by atoms with Crippen LogP contribution >= 0.6 is 0 Å². The van der Waals surface area contributed by atoms with Crippen LogP contribution in [0.4, 0.5) is 9.59 Å². The number of rotatable bonds is 6. The predicted octanol–water partition coefficient (Wildman–Crippen LogP) is 6.61. The number of carbonyl (C=O) groups excluding carboxylic acids is 2. The van der Waals surface area contributed by atoms with E-state index in [0.29, 0.717) is 5.92 Å². The molecule has 9 nitrogen and oxygen atoms in total. The largest absolute Gasteiger partial charge is 0.446 e. The molecule has 7 fully saturated rings. The van der Waals surface area contributed by atoms with Crippen molar-refractivity contribution in [3.63, 3.8) is 0 Å². The first kappa shape index (κ1) is 34.9. The molecule has 10 atom stereocenters. The Hall–Kier alpha value is -1.58. The molecule has 7 aliphatic rings. The van der Waals surface area contributed by atoms with Gasteiger partial charge in [0.2, 0.25) is 0 Å². The monoisotopic (exact) mass is 668 g/mol. The van der Waals surface area contributed by atoms with Crippen molar-refractivity contribution in [3.05, 3.63) is 18.1 Å². The fraction of sp³-hybridized carbons (Fsp3) is 0.872. The van der Waals surface area contributed by atoms with E-state index in [1.807, 2.05) is 0 Å². The maximum atomic E-state index is 13.0. The van der Waals surface area contributed by atoms with Gasteiger partial charge in [0.25, 0.3) is 0 Å². The van der Waals surface area contributed by atoms with E-state index in [0.717, 1.165) is 76.8 Å². The number of alkyl carbamates (subject to hydrolysis) is 1. The number of likely N-dealkylation sites (tertiary alicyclic amines) is 1. The fourth-order valence-corrected chi connectivity index (χ4v) is 12.9. The number of hydrogen-bond acceptors (Lipinski definition) is 7. The highest BCUT2D eigenvalue weighted by Crippen LogP contribution is 2.90. The van der Waals surface area contributed by atoms with Crippen LogP contribution in [-0.2, 0) is 14.2 Å². The average molecular weight is 669 g/mol. The molecule has 0 aromatic heterocycles. The third kappa shape index (κ3) is 4.63. The Kier molecular flexibility index (Phi) is 8.32. The number of ether oxygens (including phenoxy) is 3. The molecule has 2 saturated heterocycles. The summed E-state index contributed by atoms with van der Waals surface area (Å²) in [5, 5.41) is 15.7. The van der Waals surface area contributed by atoms with Crippen LogP contribution in [0.15, 0.2) is 0 Å². The first-order valence-electron chi connectivity index (χ1n) is 19.0. The summed E-state index contributed by atoms with van der Waals surface area (Å²) in [5.74, 6) is 2.54. The van der Waals surface area contributed by atoms with E-state index in [-0.39, 0.29) is 69.2 Å². The van der Waals surface area contributed by atoms with E-state index in [1.54, 1.807) is 20.0 Å². The molecule has 2 aliphatic heterocycles. The van der Waals surface area contributed by atoms with E-state index in [2.05, 4.69) is 65.6 Å². The van der Waals surface area contributed by atoms with Crippen LogP contribution in [0.1, 0.15) is 107 Å². The van der Waals surface area contributed by atoms with Gasteiger partial charge < -0.3 is 29.5 Å². The second-order valence-electron chi connectivity index (χ2n) is 18.5. The van der Waals surface area contributed by atoms with Gasteiger partial charge in [0.1, 0.15) is 24.4 Å². The van der Waals surface area contributed by atoms with E-state index in [9.17, 15) is 14.7 Å². The van der Waals surface area contributed by atoms with Gasteiger partial charge in [0, 0.05) is 43.9 Å².